The average molecular weight is 276 g/mol. The summed E-state index contributed by atoms with van der Waals surface area (Å²) in [6.07, 6.45) is 2.75. The molecule has 0 amide bonds. The molecule has 1 heterocycles. The van der Waals surface area contributed by atoms with Crippen LogP contribution in [-0.2, 0) is 0 Å². The molecule has 0 aliphatic carbocycles. The van der Waals surface area contributed by atoms with Crippen molar-refractivity contribution in [3.05, 3.63) is 29.6 Å². The van der Waals surface area contributed by atoms with E-state index in [1.165, 1.54) is 0 Å². The molecule has 1 rings (SSSR count). The molecule has 0 atom stereocenters. The number of aromatic nitrogens is 1. The van der Waals surface area contributed by atoms with E-state index in [1.54, 1.807) is 0 Å². The molecule has 0 fully saturated rings. The monoisotopic (exact) mass is 275 g/mol. The van der Waals surface area contributed by atoms with Gasteiger partial charge in [-0.15, -0.1) is 6.92 Å². The van der Waals surface area contributed by atoms with Gasteiger partial charge in [-0.05, 0) is 0 Å². The molecule has 1 aromatic rings. The Kier molecular flexibility index (Phi) is 12.7. The third-order valence-corrected chi connectivity index (χ3v) is 0.891. The number of hydrogen-bond donors (Lipinski definition) is 0. The van der Waals surface area contributed by atoms with Gasteiger partial charge in [-0.1, -0.05) is 6.92 Å². The molecule has 0 spiro atoms. The second-order valence-electron chi connectivity index (χ2n) is 1.78. The summed E-state index contributed by atoms with van der Waals surface area (Å²) in [5, 5.41) is 0. The molecule has 0 aromatic carbocycles. The van der Waals surface area contributed by atoms with E-state index in [9.17, 15) is 0 Å². The Balaban J connectivity index is 0. The fourth-order valence-corrected chi connectivity index (χ4v) is 0.575. The summed E-state index contributed by atoms with van der Waals surface area (Å²) in [5.41, 5.74) is 2.00. The first kappa shape index (κ1) is 15.2. The molecular formula is C7H7NRb2. The van der Waals surface area contributed by atoms with Crippen LogP contribution in [0.4, 0.5) is 0 Å². The van der Waals surface area contributed by atoms with Gasteiger partial charge in [0.05, 0.1) is 0 Å². The Labute approximate surface area is 160 Å². The normalized spacial score (nSPS) is 7.40. The van der Waals surface area contributed by atoms with Crippen LogP contribution in [0.2, 0.25) is 0 Å². The molecule has 10 heavy (non-hydrogen) atoms. The predicted octanol–water partition coefficient (Wildman–Crippen LogP) is -4.69. The topological polar surface area (TPSA) is 12.9 Å². The maximum absolute atomic E-state index is 3.86. The predicted molar refractivity (Wildman–Crippen MR) is 31.4 cm³/mol. The fraction of sp³-hybridized carbons (Fsp3) is 0.286. The van der Waals surface area contributed by atoms with Gasteiger partial charge in [-0.25, -0.2) is 0 Å². The van der Waals surface area contributed by atoms with Crippen molar-refractivity contribution in [3.63, 3.8) is 0 Å². The molecule has 0 aliphatic rings. The largest absolute Gasteiger partial charge is 1.00 e. The first-order valence-electron chi connectivity index (χ1n) is 2.52. The van der Waals surface area contributed by atoms with E-state index in [1.807, 2.05) is 19.9 Å². The Morgan fingerprint density at radius 2 is 1.90 bits per heavy atom. The van der Waals surface area contributed by atoms with E-state index >= 15 is 0 Å². The summed E-state index contributed by atoms with van der Waals surface area (Å²) < 4.78 is 0. The van der Waals surface area contributed by atoms with Crippen molar-refractivity contribution in [3.8, 4) is 0 Å². The van der Waals surface area contributed by atoms with Gasteiger partial charge in [-0.3, -0.25) is 0 Å². The van der Waals surface area contributed by atoms with Crippen LogP contribution >= 0.6 is 0 Å². The van der Waals surface area contributed by atoms with E-state index in [0.717, 1.165) is 11.3 Å². The van der Waals surface area contributed by atoms with E-state index in [0.29, 0.717) is 0 Å². The van der Waals surface area contributed by atoms with Crippen LogP contribution in [0.25, 0.3) is 0 Å². The Morgan fingerprint density at radius 3 is 2.20 bits per heavy atom. The molecule has 0 radical (unpaired) electrons. The van der Waals surface area contributed by atoms with Crippen molar-refractivity contribution in [2.75, 3.05) is 0 Å². The van der Waals surface area contributed by atoms with Crippen LogP contribution in [-0.4, -0.2) is 4.98 Å². The minimum atomic E-state index is 0. The van der Waals surface area contributed by atoms with Crippen LogP contribution in [0.1, 0.15) is 11.3 Å². The van der Waals surface area contributed by atoms with Crippen LogP contribution in [0, 0.1) is 26.1 Å². The second kappa shape index (κ2) is 8.36. The standard InChI is InChI=1S/C7H7N.2Rb/c1-6-3-4-8-7(2)5-6;;/h3H,1-2H3;;/q-2;2*+1. The second-order valence-corrected chi connectivity index (χ2v) is 1.78. The quantitative estimate of drug-likeness (QED) is 0.434. The van der Waals surface area contributed by atoms with Gasteiger partial charge in [-0.2, -0.15) is 11.9 Å². The van der Waals surface area contributed by atoms with Crippen molar-refractivity contribution in [2.45, 2.75) is 13.8 Å². The number of rotatable bonds is 0. The summed E-state index contributed by atoms with van der Waals surface area (Å²) in [4.78, 5) is 3.86. The molecule has 0 aliphatic heterocycles. The number of aryl methyl sites for hydroxylation is 2. The molecule has 0 saturated carbocycles. The Hall–Kier alpha value is 2.76. The van der Waals surface area contributed by atoms with Gasteiger partial charge in [0.1, 0.15) is 0 Å². The summed E-state index contributed by atoms with van der Waals surface area (Å²) >= 11 is 0. The molecular weight excluding hydrogens is 269 g/mol. The zero-order valence-corrected chi connectivity index (χ0v) is 16.9. The van der Waals surface area contributed by atoms with Crippen molar-refractivity contribution < 1.29 is 116 Å². The van der Waals surface area contributed by atoms with Gasteiger partial charge in [0.2, 0.25) is 0 Å². The van der Waals surface area contributed by atoms with Gasteiger partial charge >= 0.3 is 116 Å². The van der Waals surface area contributed by atoms with Crippen molar-refractivity contribution in [2.24, 2.45) is 0 Å². The smallest absolute Gasteiger partial charge is 0.431 e. The fourth-order valence-electron chi connectivity index (χ4n) is 0.575. The van der Waals surface area contributed by atoms with Crippen LogP contribution < -0.4 is 116 Å². The van der Waals surface area contributed by atoms with Gasteiger partial charge in [0, 0.05) is 0 Å². The van der Waals surface area contributed by atoms with Gasteiger partial charge < -0.3 is 22.7 Å². The summed E-state index contributed by atoms with van der Waals surface area (Å²) in [5.74, 6) is 0. The average Bonchev–Trinajstić information content (AvgIpc) is 1.64. The van der Waals surface area contributed by atoms with E-state index in [4.69, 9.17) is 0 Å². The molecule has 1 nitrogen and oxygen atoms in total. The SMILES string of the molecule is Cc1[c-]c(C)n[c-]c1.[Rb+].[Rb+]. The molecule has 0 bridgehead atoms. The summed E-state index contributed by atoms with van der Waals surface area (Å²) in [6.45, 7) is 3.88. The third-order valence-electron chi connectivity index (χ3n) is 0.891. The molecule has 0 saturated heterocycles. The minimum absolute atomic E-state index is 0. The Bertz CT molecular complexity index is 171. The third kappa shape index (κ3) is 6.30. The maximum Gasteiger partial charge on any atom is 1.00 e. The Morgan fingerprint density at radius 1 is 1.30 bits per heavy atom. The maximum atomic E-state index is 3.86. The van der Waals surface area contributed by atoms with E-state index < -0.39 is 0 Å². The summed E-state index contributed by atoms with van der Waals surface area (Å²) in [6, 6.07) is 4.84. The molecule has 1 aromatic heterocycles. The van der Waals surface area contributed by atoms with Crippen molar-refractivity contribution in [1.29, 1.82) is 0 Å². The molecule has 0 N–H and O–H groups in total. The molecule has 42 valence electrons. The van der Waals surface area contributed by atoms with Gasteiger partial charge in [0.25, 0.3) is 0 Å². The summed E-state index contributed by atoms with van der Waals surface area (Å²) in [7, 11) is 0. The van der Waals surface area contributed by atoms with Crippen LogP contribution in [0.5, 0.6) is 0 Å². The van der Waals surface area contributed by atoms with Crippen LogP contribution in [0.15, 0.2) is 6.07 Å². The van der Waals surface area contributed by atoms with Crippen molar-refractivity contribution >= 4 is 0 Å². The zero-order valence-electron chi connectivity index (χ0n) is 7.02. The molecule has 3 heteroatoms. The number of hydrogen-bond acceptors (Lipinski definition) is 1. The first-order chi connectivity index (χ1) is 3.79. The first-order valence-corrected chi connectivity index (χ1v) is 2.52. The number of nitrogens with zero attached hydrogens (tertiary/aromatic N) is 1. The van der Waals surface area contributed by atoms with Gasteiger partial charge in [0.15, 0.2) is 0 Å². The van der Waals surface area contributed by atoms with E-state index in [2.05, 4.69) is 17.2 Å². The van der Waals surface area contributed by atoms with Crippen molar-refractivity contribution in [1.82, 2.24) is 4.98 Å². The zero-order chi connectivity index (χ0) is 5.98. The molecule has 0 unspecified atom stereocenters. The van der Waals surface area contributed by atoms with Crippen LogP contribution in [0.3, 0.4) is 0 Å². The van der Waals surface area contributed by atoms with E-state index in [-0.39, 0.29) is 116 Å². The minimum Gasteiger partial charge on any atom is -0.431 e. The number of pyridine rings is 1.